The summed E-state index contributed by atoms with van der Waals surface area (Å²) in [5.41, 5.74) is 4.94. The summed E-state index contributed by atoms with van der Waals surface area (Å²) in [6.45, 7) is 10.4. The number of rotatable bonds is 7. The van der Waals surface area contributed by atoms with Gasteiger partial charge >= 0.3 is 0 Å². The molecule has 1 aliphatic carbocycles. The van der Waals surface area contributed by atoms with Crippen LogP contribution in [0.15, 0.2) is 42.7 Å². The number of nitrogens with zero attached hydrogens (tertiary/aromatic N) is 6. The van der Waals surface area contributed by atoms with Gasteiger partial charge in [0.15, 0.2) is 5.82 Å². The number of amides is 3. The Morgan fingerprint density at radius 1 is 1.02 bits per heavy atom. The van der Waals surface area contributed by atoms with Crippen LogP contribution in [0.1, 0.15) is 80.4 Å². The fraction of sp³-hybridized carbons (Fsp3) is 0.462. The number of aryl methyl sites for hydroxylation is 1. The van der Waals surface area contributed by atoms with Gasteiger partial charge in [-0.15, -0.1) is 0 Å². The average Bonchev–Trinajstić information content (AvgIpc) is 3.62. The van der Waals surface area contributed by atoms with Crippen LogP contribution < -0.4 is 15.5 Å². The predicted molar refractivity (Wildman–Crippen MR) is 195 cm³/mol. The van der Waals surface area contributed by atoms with Gasteiger partial charge in [-0.3, -0.25) is 14.4 Å². The number of pyridine rings is 1. The monoisotopic (exact) mass is 692 g/mol. The highest BCUT2D eigenvalue weighted by Crippen LogP contribution is 2.51. The summed E-state index contributed by atoms with van der Waals surface area (Å²) >= 11 is 0. The molecule has 5 heterocycles. The third-order valence-corrected chi connectivity index (χ3v) is 11.6. The van der Waals surface area contributed by atoms with Crippen LogP contribution in [0.25, 0.3) is 22.3 Å². The van der Waals surface area contributed by atoms with Gasteiger partial charge in [0.2, 0.25) is 11.8 Å². The minimum atomic E-state index is -0.735. The summed E-state index contributed by atoms with van der Waals surface area (Å²) in [6, 6.07) is 11.5. The maximum atomic E-state index is 15.5. The molecule has 0 unspecified atom stereocenters. The first-order valence-electron chi connectivity index (χ1n) is 18.1. The number of likely N-dealkylation sites (tertiary alicyclic amines) is 2. The maximum absolute atomic E-state index is 15.5. The zero-order valence-corrected chi connectivity index (χ0v) is 29.9. The van der Waals surface area contributed by atoms with Crippen LogP contribution in [0.5, 0.6) is 0 Å². The molecule has 3 amide bonds. The van der Waals surface area contributed by atoms with E-state index in [4.69, 9.17) is 9.97 Å². The largest absolute Gasteiger partial charge is 0.355 e. The molecule has 11 nitrogen and oxygen atoms in total. The number of imidazole rings is 1. The van der Waals surface area contributed by atoms with E-state index in [1.165, 1.54) is 31.4 Å². The smallest absolute Gasteiger partial charge is 0.251 e. The highest BCUT2D eigenvalue weighted by atomic mass is 19.1. The van der Waals surface area contributed by atoms with Gasteiger partial charge in [-0.2, -0.15) is 0 Å². The molecule has 3 aliphatic heterocycles. The van der Waals surface area contributed by atoms with E-state index >= 15 is 4.39 Å². The summed E-state index contributed by atoms with van der Waals surface area (Å²) in [7, 11) is 1.55. The van der Waals surface area contributed by atoms with Gasteiger partial charge in [-0.1, -0.05) is 18.6 Å². The van der Waals surface area contributed by atoms with Gasteiger partial charge < -0.3 is 29.9 Å². The lowest BCUT2D eigenvalue weighted by Gasteiger charge is -2.50. The van der Waals surface area contributed by atoms with Gasteiger partial charge in [0.25, 0.3) is 5.91 Å². The van der Waals surface area contributed by atoms with Gasteiger partial charge in [-0.05, 0) is 94.9 Å². The lowest BCUT2D eigenvalue weighted by atomic mass is 9.74. The molecule has 0 radical (unpaired) electrons. The quantitative estimate of drug-likeness (QED) is 0.256. The molecule has 51 heavy (non-hydrogen) atoms. The Labute approximate surface area is 297 Å². The second kappa shape index (κ2) is 12.4. The van der Waals surface area contributed by atoms with E-state index < -0.39 is 11.2 Å². The Morgan fingerprint density at radius 2 is 1.76 bits per heavy atom. The molecule has 0 bridgehead atoms. The van der Waals surface area contributed by atoms with Crippen molar-refractivity contribution < 1.29 is 18.8 Å². The van der Waals surface area contributed by atoms with Crippen molar-refractivity contribution in [2.75, 3.05) is 43.4 Å². The minimum Gasteiger partial charge on any atom is -0.355 e. The number of benzene rings is 2. The van der Waals surface area contributed by atoms with Crippen LogP contribution in [-0.2, 0) is 15.0 Å². The Hall–Kier alpha value is -4.84. The molecule has 1 spiro atoms. The first-order chi connectivity index (χ1) is 24.5. The van der Waals surface area contributed by atoms with Gasteiger partial charge in [-0.25, -0.2) is 14.4 Å². The minimum absolute atomic E-state index is 0.0234. The van der Waals surface area contributed by atoms with Gasteiger partial charge in [0, 0.05) is 62.0 Å². The summed E-state index contributed by atoms with van der Waals surface area (Å²) in [5.74, 6) is -0.349. The van der Waals surface area contributed by atoms with Crippen molar-refractivity contribution in [2.45, 2.75) is 83.3 Å². The Kier molecular flexibility index (Phi) is 8.12. The van der Waals surface area contributed by atoms with E-state index in [1.807, 2.05) is 41.5 Å². The molecule has 2 saturated heterocycles. The number of anilines is 3. The fourth-order valence-electron chi connectivity index (χ4n) is 8.56. The van der Waals surface area contributed by atoms with Crippen molar-refractivity contribution in [3.8, 4) is 11.3 Å². The van der Waals surface area contributed by atoms with E-state index in [1.54, 1.807) is 32.1 Å². The van der Waals surface area contributed by atoms with Crippen molar-refractivity contribution in [1.82, 2.24) is 29.7 Å². The van der Waals surface area contributed by atoms with E-state index in [2.05, 4.69) is 21.6 Å². The second-order valence-electron chi connectivity index (χ2n) is 15.1. The first kappa shape index (κ1) is 33.3. The van der Waals surface area contributed by atoms with Crippen molar-refractivity contribution in [3.63, 3.8) is 0 Å². The lowest BCUT2D eigenvalue weighted by Crippen LogP contribution is -2.66. The third-order valence-electron chi connectivity index (χ3n) is 11.6. The SMILES string of the molecule is CNC(=O)c1cc(Nc2nc(-c3ccc4c(c3)N([C@H]3C[C@@H](N5CCCCC5)C3)C(=O)C43CN(C(C)=O)C3)cc3ncn(C(C)C)c23)c(F)cc1C. The number of carbonyl (C=O) groups excluding carboxylic acids is 3. The number of hydrogen-bond donors (Lipinski definition) is 2. The summed E-state index contributed by atoms with van der Waals surface area (Å²) in [5, 5.41) is 5.84. The van der Waals surface area contributed by atoms with Crippen LogP contribution in [0, 0.1) is 12.7 Å². The van der Waals surface area contributed by atoms with Crippen LogP contribution in [-0.4, -0.2) is 87.4 Å². The van der Waals surface area contributed by atoms with Crippen molar-refractivity contribution in [2.24, 2.45) is 0 Å². The highest BCUT2D eigenvalue weighted by molar-refractivity contribution is 6.11. The molecule has 266 valence electrons. The van der Waals surface area contributed by atoms with Crippen LogP contribution >= 0.6 is 0 Å². The molecule has 4 aromatic rings. The van der Waals surface area contributed by atoms with Crippen LogP contribution in [0.2, 0.25) is 0 Å². The summed E-state index contributed by atoms with van der Waals surface area (Å²) < 4.78 is 17.4. The van der Waals surface area contributed by atoms with Crippen molar-refractivity contribution >= 4 is 45.9 Å². The molecule has 2 N–H and O–H groups in total. The number of nitrogens with one attached hydrogen (secondary N) is 2. The Balaban J connectivity index is 1.20. The van der Waals surface area contributed by atoms with Crippen LogP contribution in [0.3, 0.4) is 0 Å². The van der Waals surface area contributed by atoms with Crippen molar-refractivity contribution in [3.05, 3.63) is 65.2 Å². The summed E-state index contributed by atoms with van der Waals surface area (Å²) in [4.78, 5) is 55.4. The average molecular weight is 693 g/mol. The topological polar surface area (TPSA) is 116 Å². The third kappa shape index (κ3) is 5.37. The number of fused-ring (bicyclic) bond motifs is 3. The highest BCUT2D eigenvalue weighted by Gasteiger charge is 2.61. The normalized spacial score (nSPS) is 21.2. The number of aromatic nitrogens is 3. The molecule has 8 rings (SSSR count). The number of hydrogen-bond acceptors (Lipinski definition) is 7. The molecular formula is C39H45FN8O3. The molecule has 4 aliphatic rings. The standard InChI is InChI=1S/C39H45FN8O3/c1-22(2)47-21-42-33-18-31(43-36(35(33)47)44-32-17-28(37(50)41-5)23(3)13-30(32)40)25-9-10-29-34(14-25)48(38(51)39(29)19-46(20-39)24(4)49)27-15-26(16-27)45-11-7-6-8-12-45/h9-10,13-14,17-18,21-22,26-27H,6-8,11-12,15-16,19-20H2,1-5H3,(H,41,50)(H,43,44)/t26-,27+. The Morgan fingerprint density at radius 3 is 2.45 bits per heavy atom. The van der Waals surface area contributed by atoms with E-state index in [-0.39, 0.29) is 35.5 Å². The molecule has 0 atom stereocenters. The van der Waals surface area contributed by atoms with Gasteiger partial charge in [0.05, 0.1) is 23.2 Å². The second-order valence-corrected chi connectivity index (χ2v) is 15.1. The van der Waals surface area contributed by atoms with E-state index in [9.17, 15) is 14.4 Å². The number of halogens is 1. The lowest BCUT2D eigenvalue weighted by molar-refractivity contribution is -0.142. The molecule has 2 aromatic heterocycles. The zero-order valence-electron chi connectivity index (χ0n) is 29.9. The van der Waals surface area contributed by atoms with Crippen LogP contribution in [0.4, 0.5) is 21.6 Å². The zero-order chi connectivity index (χ0) is 35.8. The molecule has 2 aromatic carbocycles. The number of piperidine rings is 1. The predicted octanol–water partition coefficient (Wildman–Crippen LogP) is 5.69. The van der Waals surface area contributed by atoms with Crippen molar-refractivity contribution in [1.29, 1.82) is 0 Å². The molecule has 3 fully saturated rings. The van der Waals surface area contributed by atoms with E-state index in [0.717, 1.165) is 42.7 Å². The van der Waals surface area contributed by atoms with E-state index in [0.29, 0.717) is 52.8 Å². The summed E-state index contributed by atoms with van der Waals surface area (Å²) in [6.07, 6.45) is 7.38. The first-order valence-corrected chi connectivity index (χ1v) is 18.1. The maximum Gasteiger partial charge on any atom is 0.251 e. The number of carbonyl (C=O) groups is 3. The molecule has 12 heteroatoms. The molecule has 1 saturated carbocycles. The fourth-order valence-corrected chi connectivity index (χ4v) is 8.56. The van der Waals surface area contributed by atoms with Gasteiger partial charge in [0.1, 0.15) is 16.7 Å². The Bertz CT molecular complexity index is 2070. The molecular weight excluding hydrogens is 647 g/mol.